The Balaban J connectivity index is 2.01. The number of H-pyrrole nitrogens is 1. The van der Waals surface area contributed by atoms with E-state index in [1.54, 1.807) is 0 Å². The van der Waals surface area contributed by atoms with E-state index in [4.69, 9.17) is 27.6 Å². The van der Waals surface area contributed by atoms with Crippen LogP contribution < -0.4 is 10.5 Å². The van der Waals surface area contributed by atoms with E-state index >= 15 is 0 Å². The first-order chi connectivity index (χ1) is 10.3. The summed E-state index contributed by atoms with van der Waals surface area (Å²) in [4.78, 5) is 13.5. The van der Waals surface area contributed by atoms with Crippen LogP contribution in [0.15, 0.2) is 50.5 Å². The lowest BCUT2D eigenvalue weighted by molar-refractivity contribution is 0.554. The van der Waals surface area contributed by atoms with Crippen LogP contribution in [0.1, 0.15) is 0 Å². The van der Waals surface area contributed by atoms with Crippen molar-refractivity contribution in [3.05, 3.63) is 57.0 Å². The summed E-state index contributed by atoms with van der Waals surface area (Å²) in [7, 11) is -3.88. The molecule has 0 aliphatic carbocycles. The maximum absolute atomic E-state index is 12.4. The van der Waals surface area contributed by atoms with Gasteiger partial charge in [0, 0.05) is 11.1 Å². The Morgan fingerprint density at radius 1 is 1.09 bits per heavy atom. The summed E-state index contributed by atoms with van der Waals surface area (Å²) in [5.74, 6) is -0.654. The fourth-order valence-electron chi connectivity index (χ4n) is 1.87. The molecule has 1 heterocycles. The fourth-order valence-corrected chi connectivity index (χ4v) is 3.48. The SMILES string of the molecule is O=c1[nH]c2ccc(S(=O)(=O)Nc3ccc(Cl)cc3Cl)cc2o1. The molecule has 0 aliphatic heterocycles. The summed E-state index contributed by atoms with van der Waals surface area (Å²) >= 11 is 11.7. The lowest BCUT2D eigenvalue weighted by Crippen LogP contribution is -2.13. The number of rotatable bonds is 3. The number of anilines is 1. The van der Waals surface area contributed by atoms with E-state index < -0.39 is 15.8 Å². The Kier molecular flexibility index (Phi) is 3.64. The zero-order valence-corrected chi connectivity index (χ0v) is 13.1. The molecule has 0 radical (unpaired) electrons. The Hall–Kier alpha value is -1.96. The number of aromatic amines is 1. The highest BCUT2D eigenvalue weighted by molar-refractivity contribution is 7.92. The maximum Gasteiger partial charge on any atom is 0.417 e. The molecule has 0 fully saturated rings. The molecular formula is C13H8Cl2N2O4S. The highest BCUT2D eigenvalue weighted by Crippen LogP contribution is 2.28. The third-order valence-electron chi connectivity index (χ3n) is 2.88. The second-order valence-corrected chi connectivity index (χ2v) is 6.93. The van der Waals surface area contributed by atoms with E-state index in [1.807, 2.05) is 0 Å². The van der Waals surface area contributed by atoms with E-state index in [9.17, 15) is 13.2 Å². The van der Waals surface area contributed by atoms with Crippen LogP contribution in [0.25, 0.3) is 11.1 Å². The molecule has 2 aromatic carbocycles. The molecule has 3 rings (SSSR count). The van der Waals surface area contributed by atoms with Gasteiger partial charge in [0.15, 0.2) is 5.58 Å². The quantitative estimate of drug-likeness (QED) is 0.751. The molecule has 22 heavy (non-hydrogen) atoms. The molecule has 1 aromatic heterocycles. The molecule has 0 unspecified atom stereocenters. The lowest BCUT2D eigenvalue weighted by atomic mass is 10.3. The molecule has 0 atom stereocenters. The van der Waals surface area contributed by atoms with Crippen LogP contribution in [0.4, 0.5) is 5.69 Å². The largest absolute Gasteiger partial charge is 0.417 e. The number of benzene rings is 2. The summed E-state index contributed by atoms with van der Waals surface area (Å²) < 4.78 is 31.9. The number of hydrogen-bond donors (Lipinski definition) is 2. The molecule has 9 heteroatoms. The smallest absolute Gasteiger partial charge is 0.408 e. The summed E-state index contributed by atoms with van der Waals surface area (Å²) in [6, 6.07) is 8.43. The molecule has 0 saturated heterocycles. The maximum atomic E-state index is 12.4. The van der Waals surface area contributed by atoms with Crippen molar-refractivity contribution in [3.63, 3.8) is 0 Å². The molecule has 0 aliphatic rings. The highest BCUT2D eigenvalue weighted by Gasteiger charge is 2.17. The van der Waals surface area contributed by atoms with Crippen molar-refractivity contribution < 1.29 is 12.8 Å². The van der Waals surface area contributed by atoms with Crippen LogP contribution in [0.3, 0.4) is 0 Å². The molecule has 3 aromatic rings. The van der Waals surface area contributed by atoms with Crippen LogP contribution >= 0.6 is 23.2 Å². The van der Waals surface area contributed by atoms with E-state index in [-0.39, 0.29) is 21.2 Å². The van der Waals surface area contributed by atoms with E-state index in [0.29, 0.717) is 10.5 Å². The van der Waals surface area contributed by atoms with Gasteiger partial charge in [0.2, 0.25) is 0 Å². The summed E-state index contributed by atoms with van der Waals surface area (Å²) in [6.45, 7) is 0. The number of halogens is 2. The van der Waals surface area contributed by atoms with Crippen LogP contribution in [-0.4, -0.2) is 13.4 Å². The third-order valence-corrected chi connectivity index (χ3v) is 4.79. The topological polar surface area (TPSA) is 92.2 Å². The zero-order chi connectivity index (χ0) is 15.9. The van der Waals surface area contributed by atoms with Crippen molar-refractivity contribution in [2.45, 2.75) is 4.90 Å². The van der Waals surface area contributed by atoms with Crippen molar-refractivity contribution in [2.24, 2.45) is 0 Å². The molecule has 0 saturated carbocycles. The standard InChI is InChI=1S/C13H8Cl2N2O4S/c14-7-1-3-10(9(15)5-7)17-22(19,20)8-2-4-11-12(6-8)21-13(18)16-11/h1-6,17H,(H,16,18). The first-order valence-electron chi connectivity index (χ1n) is 5.96. The number of oxazole rings is 1. The molecule has 2 N–H and O–H groups in total. The molecule has 6 nitrogen and oxygen atoms in total. The first kappa shape index (κ1) is 15.0. The van der Waals surface area contributed by atoms with E-state index in [0.717, 1.165) is 0 Å². The van der Waals surface area contributed by atoms with Gasteiger partial charge in [-0.15, -0.1) is 0 Å². The minimum absolute atomic E-state index is 0.0613. The Morgan fingerprint density at radius 3 is 2.59 bits per heavy atom. The van der Waals surface area contributed by atoms with Crippen molar-refractivity contribution >= 4 is 50.0 Å². The summed E-state index contributed by atoms with van der Waals surface area (Å²) in [6.07, 6.45) is 0. The van der Waals surface area contributed by atoms with Gasteiger partial charge >= 0.3 is 5.76 Å². The fraction of sp³-hybridized carbons (Fsp3) is 0. The Bertz CT molecular complexity index is 1020. The molecule has 0 amide bonds. The Labute approximate surface area is 134 Å². The van der Waals surface area contributed by atoms with Crippen molar-refractivity contribution in [1.82, 2.24) is 4.98 Å². The van der Waals surface area contributed by atoms with E-state index in [2.05, 4.69) is 9.71 Å². The third kappa shape index (κ3) is 2.83. The number of aromatic nitrogens is 1. The van der Waals surface area contributed by atoms with Crippen molar-refractivity contribution in [2.75, 3.05) is 4.72 Å². The Morgan fingerprint density at radius 2 is 1.86 bits per heavy atom. The van der Waals surface area contributed by atoms with Crippen molar-refractivity contribution in [3.8, 4) is 0 Å². The molecule has 0 bridgehead atoms. The monoisotopic (exact) mass is 358 g/mol. The van der Waals surface area contributed by atoms with Gasteiger partial charge < -0.3 is 4.42 Å². The second-order valence-electron chi connectivity index (χ2n) is 4.40. The van der Waals surface area contributed by atoms with Gasteiger partial charge in [0.25, 0.3) is 10.0 Å². The van der Waals surface area contributed by atoms with E-state index in [1.165, 1.54) is 36.4 Å². The van der Waals surface area contributed by atoms with Crippen LogP contribution in [0.2, 0.25) is 10.0 Å². The van der Waals surface area contributed by atoms with Gasteiger partial charge in [-0.25, -0.2) is 13.2 Å². The summed E-state index contributed by atoms with van der Waals surface area (Å²) in [5, 5.41) is 0.564. The highest BCUT2D eigenvalue weighted by atomic mass is 35.5. The van der Waals surface area contributed by atoms with Crippen molar-refractivity contribution in [1.29, 1.82) is 0 Å². The summed E-state index contributed by atoms with van der Waals surface area (Å²) in [5.41, 5.74) is 0.755. The number of fused-ring (bicyclic) bond motifs is 1. The molecular weight excluding hydrogens is 351 g/mol. The predicted molar refractivity (Wildman–Crippen MR) is 84.1 cm³/mol. The first-order valence-corrected chi connectivity index (χ1v) is 8.20. The normalized spacial score (nSPS) is 11.7. The van der Waals surface area contributed by atoms with Crippen LogP contribution in [-0.2, 0) is 10.0 Å². The number of hydrogen-bond acceptors (Lipinski definition) is 4. The number of nitrogens with one attached hydrogen (secondary N) is 2. The zero-order valence-electron chi connectivity index (χ0n) is 10.8. The molecule has 114 valence electrons. The minimum Gasteiger partial charge on any atom is -0.408 e. The van der Waals surface area contributed by atoms with Gasteiger partial charge in [-0.05, 0) is 30.3 Å². The molecule has 0 spiro atoms. The van der Waals surface area contributed by atoms with Gasteiger partial charge in [0.05, 0.1) is 21.1 Å². The average Bonchev–Trinajstić information content (AvgIpc) is 2.81. The van der Waals surface area contributed by atoms with Crippen LogP contribution in [0.5, 0.6) is 0 Å². The number of sulfonamides is 1. The lowest BCUT2D eigenvalue weighted by Gasteiger charge is -2.09. The average molecular weight is 359 g/mol. The van der Waals surface area contributed by atoms with Gasteiger partial charge in [0.1, 0.15) is 0 Å². The second kappa shape index (κ2) is 5.35. The predicted octanol–water partition coefficient (Wildman–Crippen LogP) is 3.23. The van der Waals surface area contributed by atoms with Crippen LogP contribution in [0, 0.1) is 0 Å². The van der Waals surface area contributed by atoms with Gasteiger partial charge in [-0.2, -0.15) is 0 Å². The van der Waals surface area contributed by atoms with Gasteiger partial charge in [-0.3, -0.25) is 9.71 Å². The minimum atomic E-state index is -3.88. The van der Waals surface area contributed by atoms with Gasteiger partial charge in [-0.1, -0.05) is 23.2 Å².